The molecule has 0 fully saturated rings. The van der Waals surface area contributed by atoms with Crippen molar-refractivity contribution in [2.45, 2.75) is 13.8 Å². The molecule has 1 aliphatic heterocycles. The molecule has 5 heteroatoms. The van der Waals surface area contributed by atoms with E-state index in [0.717, 1.165) is 17.1 Å². The van der Waals surface area contributed by atoms with E-state index < -0.39 is 0 Å². The number of hydrogen-bond acceptors (Lipinski definition) is 4. The monoisotopic (exact) mass is 257 g/mol. The highest BCUT2D eigenvalue weighted by atomic mass is 15.5. The van der Waals surface area contributed by atoms with Gasteiger partial charge in [-0.3, -0.25) is 5.41 Å². The van der Waals surface area contributed by atoms with E-state index in [-0.39, 0.29) is 0 Å². The maximum absolute atomic E-state index is 8.03. The molecule has 0 aliphatic carbocycles. The number of hydrazone groups is 1. The van der Waals surface area contributed by atoms with Gasteiger partial charge in [0.25, 0.3) is 0 Å². The summed E-state index contributed by atoms with van der Waals surface area (Å²) in [4.78, 5) is 6.56. The smallest absolute Gasteiger partial charge is 0.169 e. The van der Waals surface area contributed by atoms with Crippen LogP contribution in [0.15, 0.2) is 34.4 Å². The molecule has 0 radical (unpaired) electrons. The summed E-state index contributed by atoms with van der Waals surface area (Å²) in [7, 11) is 4.01. The summed E-state index contributed by atoms with van der Waals surface area (Å²) in [6.45, 7) is 4.55. The third-order valence-electron chi connectivity index (χ3n) is 3.00. The van der Waals surface area contributed by atoms with Crippen molar-refractivity contribution in [2.24, 2.45) is 10.1 Å². The van der Waals surface area contributed by atoms with Crippen molar-refractivity contribution in [1.29, 1.82) is 5.41 Å². The second kappa shape index (κ2) is 5.22. The lowest BCUT2D eigenvalue weighted by atomic mass is 10.2. The number of hydrogen-bond donors (Lipinski definition) is 1. The minimum atomic E-state index is 0.372. The molecule has 1 aliphatic rings. The van der Waals surface area contributed by atoms with Gasteiger partial charge < -0.3 is 4.90 Å². The number of rotatable bonds is 3. The molecule has 1 heterocycles. The van der Waals surface area contributed by atoms with Crippen LogP contribution in [0.3, 0.4) is 0 Å². The molecule has 19 heavy (non-hydrogen) atoms. The van der Waals surface area contributed by atoms with E-state index in [9.17, 15) is 0 Å². The molecule has 0 saturated heterocycles. The predicted octanol–water partition coefficient (Wildman–Crippen LogP) is 2.51. The number of nitrogens with zero attached hydrogens (tertiary/aromatic N) is 4. The zero-order valence-corrected chi connectivity index (χ0v) is 11.8. The summed E-state index contributed by atoms with van der Waals surface area (Å²) >= 11 is 0. The molecular formula is C14H19N5. The highest BCUT2D eigenvalue weighted by Gasteiger charge is 2.24. The van der Waals surface area contributed by atoms with Crippen LogP contribution in [0.2, 0.25) is 0 Å². The van der Waals surface area contributed by atoms with Crippen molar-refractivity contribution < 1.29 is 0 Å². The first-order valence-corrected chi connectivity index (χ1v) is 6.31. The van der Waals surface area contributed by atoms with Gasteiger partial charge >= 0.3 is 0 Å². The van der Waals surface area contributed by atoms with Crippen LogP contribution in [0, 0.1) is 5.41 Å². The van der Waals surface area contributed by atoms with Gasteiger partial charge in [-0.05, 0) is 38.1 Å². The lowest BCUT2D eigenvalue weighted by Gasteiger charge is -2.12. The number of aliphatic imine (C=N–C) groups is 1. The van der Waals surface area contributed by atoms with E-state index in [1.54, 1.807) is 5.01 Å². The Morgan fingerprint density at radius 2 is 1.89 bits per heavy atom. The molecule has 1 aromatic carbocycles. The highest BCUT2D eigenvalue weighted by Crippen LogP contribution is 2.19. The second-order valence-corrected chi connectivity index (χ2v) is 4.62. The van der Waals surface area contributed by atoms with Crippen LogP contribution in [-0.2, 0) is 0 Å². The molecule has 0 amide bonds. The fraction of sp³-hybridized carbons (Fsp3) is 0.357. The summed E-state index contributed by atoms with van der Waals surface area (Å²) in [5.74, 6) is 0.372. The molecule has 0 unspecified atom stereocenters. The zero-order valence-electron chi connectivity index (χ0n) is 11.8. The Labute approximate surface area is 113 Å². The first-order valence-electron chi connectivity index (χ1n) is 6.31. The van der Waals surface area contributed by atoms with Crippen LogP contribution in [0.4, 0.5) is 11.4 Å². The maximum atomic E-state index is 8.03. The normalized spacial score (nSPS) is 17.1. The minimum Gasteiger partial charge on any atom is -0.378 e. The van der Waals surface area contributed by atoms with Gasteiger partial charge in [0.15, 0.2) is 5.84 Å². The highest BCUT2D eigenvalue weighted by molar-refractivity contribution is 6.69. The van der Waals surface area contributed by atoms with E-state index >= 15 is 0 Å². The van der Waals surface area contributed by atoms with Gasteiger partial charge in [-0.15, -0.1) is 0 Å². The zero-order chi connectivity index (χ0) is 14.0. The number of amidine groups is 1. The summed E-state index contributed by atoms with van der Waals surface area (Å²) in [5.41, 5.74) is 3.42. The van der Waals surface area contributed by atoms with Crippen LogP contribution < -0.4 is 4.90 Å². The van der Waals surface area contributed by atoms with Crippen molar-refractivity contribution in [3.05, 3.63) is 24.3 Å². The predicted molar refractivity (Wildman–Crippen MR) is 81.1 cm³/mol. The molecule has 0 bridgehead atoms. The topological polar surface area (TPSA) is 55.1 Å². The van der Waals surface area contributed by atoms with Crippen molar-refractivity contribution in [3.8, 4) is 0 Å². The van der Waals surface area contributed by atoms with Gasteiger partial charge in [-0.25, -0.2) is 10.0 Å². The van der Waals surface area contributed by atoms with E-state index in [4.69, 9.17) is 5.41 Å². The quantitative estimate of drug-likeness (QED) is 0.904. The largest absolute Gasteiger partial charge is 0.378 e. The molecule has 2 rings (SSSR count). The summed E-state index contributed by atoms with van der Waals surface area (Å²) in [6, 6.07) is 7.94. The average molecular weight is 257 g/mol. The molecule has 1 N–H and O–H groups in total. The summed E-state index contributed by atoms with van der Waals surface area (Å²) < 4.78 is 0. The number of anilines is 1. The van der Waals surface area contributed by atoms with Crippen molar-refractivity contribution >= 4 is 28.6 Å². The SMILES string of the molecule is CCN1N=C(C)C(=Nc2ccc(N(C)C)cc2)C1=N. The lowest BCUT2D eigenvalue weighted by molar-refractivity contribution is 0.481. The fourth-order valence-corrected chi connectivity index (χ4v) is 1.89. The van der Waals surface area contributed by atoms with Gasteiger partial charge in [0.05, 0.1) is 11.4 Å². The summed E-state index contributed by atoms with van der Waals surface area (Å²) in [5, 5.41) is 14.0. The number of nitrogens with one attached hydrogen (secondary N) is 1. The van der Waals surface area contributed by atoms with Crippen LogP contribution in [0.25, 0.3) is 0 Å². The lowest BCUT2D eigenvalue weighted by Crippen LogP contribution is -2.26. The van der Waals surface area contributed by atoms with Crippen LogP contribution in [-0.4, -0.2) is 42.9 Å². The minimum absolute atomic E-state index is 0.372. The Balaban J connectivity index is 2.27. The van der Waals surface area contributed by atoms with E-state index in [1.807, 2.05) is 57.1 Å². The molecule has 0 saturated carbocycles. The third-order valence-corrected chi connectivity index (χ3v) is 3.00. The Bertz CT molecular complexity index is 539. The molecule has 0 atom stereocenters. The first-order chi connectivity index (χ1) is 9.02. The Kier molecular flexibility index (Phi) is 3.64. The Morgan fingerprint density at radius 1 is 1.26 bits per heavy atom. The molecular weight excluding hydrogens is 238 g/mol. The van der Waals surface area contributed by atoms with Gasteiger partial charge in [0.2, 0.25) is 0 Å². The third kappa shape index (κ3) is 2.65. The van der Waals surface area contributed by atoms with Gasteiger partial charge in [-0.2, -0.15) is 5.10 Å². The van der Waals surface area contributed by atoms with Crippen LogP contribution in [0.1, 0.15) is 13.8 Å². The maximum Gasteiger partial charge on any atom is 0.169 e. The van der Waals surface area contributed by atoms with E-state index in [1.165, 1.54) is 0 Å². The van der Waals surface area contributed by atoms with Crippen LogP contribution >= 0.6 is 0 Å². The van der Waals surface area contributed by atoms with Gasteiger partial charge in [0.1, 0.15) is 5.71 Å². The Morgan fingerprint density at radius 3 is 2.37 bits per heavy atom. The second-order valence-electron chi connectivity index (χ2n) is 4.62. The Hall–Kier alpha value is -2.17. The molecule has 100 valence electrons. The number of benzene rings is 1. The molecule has 1 aromatic rings. The first kappa shape index (κ1) is 13.3. The van der Waals surface area contributed by atoms with Gasteiger partial charge in [-0.1, -0.05) is 0 Å². The van der Waals surface area contributed by atoms with E-state index in [2.05, 4.69) is 10.1 Å². The fourth-order valence-electron chi connectivity index (χ4n) is 1.89. The standard InChI is InChI=1S/C14H19N5/c1-5-19-14(15)13(10(2)17-19)16-11-6-8-12(9-7-11)18(3)4/h6-9,15H,5H2,1-4H3. The van der Waals surface area contributed by atoms with Crippen molar-refractivity contribution in [2.75, 3.05) is 25.5 Å². The summed E-state index contributed by atoms with van der Waals surface area (Å²) in [6.07, 6.45) is 0. The molecule has 5 nitrogen and oxygen atoms in total. The van der Waals surface area contributed by atoms with Crippen LogP contribution in [0.5, 0.6) is 0 Å². The van der Waals surface area contributed by atoms with Gasteiger partial charge in [0, 0.05) is 26.3 Å². The van der Waals surface area contributed by atoms with E-state index in [0.29, 0.717) is 18.1 Å². The van der Waals surface area contributed by atoms with Crippen molar-refractivity contribution in [1.82, 2.24) is 5.01 Å². The van der Waals surface area contributed by atoms with Crippen molar-refractivity contribution in [3.63, 3.8) is 0 Å². The molecule has 0 spiro atoms. The average Bonchev–Trinajstić information content (AvgIpc) is 2.67. The molecule has 0 aromatic heterocycles.